The summed E-state index contributed by atoms with van der Waals surface area (Å²) in [6.07, 6.45) is 4.58. The molecule has 0 saturated heterocycles. The fraction of sp³-hybridized carbons (Fsp3) is 0.182. The van der Waals surface area contributed by atoms with Crippen LogP contribution in [0.5, 0.6) is 5.75 Å². The van der Waals surface area contributed by atoms with Crippen molar-refractivity contribution < 1.29 is 9.53 Å². The Bertz CT molecular complexity index is 364. The molecule has 0 amide bonds. The Kier molecular flexibility index (Phi) is 5.43. The number of carbonyl (C=O) groups is 1. The van der Waals surface area contributed by atoms with Gasteiger partial charge in [0, 0.05) is 10.9 Å². The first kappa shape index (κ1) is 12.3. The molecular formula is C11H10BrClO2. The molecule has 0 saturated carbocycles. The van der Waals surface area contributed by atoms with Crippen molar-refractivity contribution in [3.05, 3.63) is 40.9 Å². The minimum Gasteiger partial charge on any atom is -0.488 e. The Morgan fingerprint density at radius 2 is 2.20 bits per heavy atom. The molecule has 2 nitrogen and oxygen atoms in total. The lowest BCUT2D eigenvalue weighted by Gasteiger charge is -2.05. The molecule has 80 valence electrons. The molecule has 0 aliphatic carbocycles. The molecule has 0 aliphatic rings. The third-order valence-corrected chi connectivity index (χ3v) is 2.35. The van der Waals surface area contributed by atoms with E-state index in [2.05, 4.69) is 15.9 Å². The van der Waals surface area contributed by atoms with Crippen LogP contribution in [0, 0.1) is 0 Å². The average Bonchev–Trinajstić information content (AvgIpc) is 2.26. The highest BCUT2D eigenvalue weighted by Gasteiger charge is 2.01. The standard InChI is InChI=1S/C11H10BrClO2/c12-5-1-2-6-15-11-4-3-9(8-14)7-10(11)13/h1-4,7-8H,5-6H2. The van der Waals surface area contributed by atoms with Gasteiger partial charge in [-0.25, -0.2) is 0 Å². The lowest BCUT2D eigenvalue weighted by Crippen LogP contribution is -1.94. The Labute approximate surface area is 102 Å². The van der Waals surface area contributed by atoms with Gasteiger partial charge in [-0.2, -0.15) is 0 Å². The first-order valence-corrected chi connectivity index (χ1v) is 5.86. The number of halogens is 2. The van der Waals surface area contributed by atoms with Crippen LogP contribution in [-0.2, 0) is 0 Å². The van der Waals surface area contributed by atoms with Crippen molar-refractivity contribution in [3.63, 3.8) is 0 Å². The van der Waals surface area contributed by atoms with Gasteiger partial charge < -0.3 is 4.74 Å². The van der Waals surface area contributed by atoms with Crippen LogP contribution in [0.25, 0.3) is 0 Å². The third-order valence-electron chi connectivity index (χ3n) is 1.68. The van der Waals surface area contributed by atoms with Crippen molar-refractivity contribution in [1.29, 1.82) is 0 Å². The third kappa shape index (κ3) is 4.06. The zero-order valence-corrected chi connectivity index (χ0v) is 10.3. The number of alkyl halides is 1. The average molecular weight is 290 g/mol. The van der Waals surface area contributed by atoms with E-state index >= 15 is 0 Å². The molecule has 15 heavy (non-hydrogen) atoms. The van der Waals surface area contributed by atoms with Gasteiger partial charge in [0.25, 0.3) is 0 Å². The quantitative estimate of drug-likeness (QED) is 0.471. The van der Waals surface area contributed by atoms with E-state index in [1.807, 2.05) is 12.2 Å². The molecule has 0 atom stereocenters. The predicted octanol–water partition coefficient (Wildman–Crippen LogP) is 3.48. The number of allylic oxidation sites excluding steroid dienone is 1. The normalized spacial score (nSPS) is 10.5. The van der Waals surface area contributed by atoms with E-state index in [1.165, 1.54) is 0 Å². The molecule has 1 rings (SSSR count). The van der Waals surface area contributed by atoms with Gasteiger partial charge in [0.15, 0.2) is 0 Å². The second kappa shape index (κ2) is 6.64. The summed E-state index contributed by atoms with van der Waals surface area (Å²) in [5, 5.41) is 1.25. The molecule has 0 fully saturated rings. The number of hydrogen-bond acceptors (Lipinski definition) is 2. The van der Waals surface area contributed by atoms with Crippen molar-refractivity contribution in [1.82, 2.24) is 0 Å². The summed E-state index contributed by atoms with van der Waals surface area (Å²) in [5.41, 5.74) is 0.545. The second-order valence-corrected chi connectivity index (χ2v) is 3.80. The van der Waals surface area contributed by atoms with Crippen molar-refractivity contribution in [2.24, 2.45) is 0 Å². The maximum Gasteiger partial charge on any atom is 0.150 e. The number of ether oxygens (including phenoxy) is 1. The lowest BCUT2D eigenvalue weighted by molar-refractivity contribution is 0.112. The van der Waals surface area contributed by atoms with Gasteiger partial charge in [0.2, 0.25) is 0 Å². The van der Waals surface area contributed by atoms with Crippen LogP contribution >= 0.6 is 27.5 Å². The summed E-state index contributed by atoms with van der Waals surface area (Å²) < 4.78 is 5.38. The number of carbonyl (C=O) groups excluding carboxylic acids is 1. The molecule has 4 heteroatoms. The number of aldehydes is 1. The zero-order valence-electron chi connectivity index (χ0n) is 7.95. The highest BCUT2D eigenvalue weighted by Crippen LogP contribution is 2.24. The molecule has 0 N–H and O–H groups in total. The Balaban J connectivity index is 2.62. The van der Waals surface area contributed by atoms with E-state index in [4.69, 9.17) is 16.3 Å². The monoisotopic (exact) mass is 288 g/mol. The number of benzene rings is 1. The molecule has 0 heterocycles. The van der Waals surface area contributed by atoms with Crippen LogP contribution in [-0.4, -0.2) is 18.2 Å². The first-order chi connectivity index (χ1) is 7.27. The van der Waals surface area contributed by atoms with E-state index in [-0.39, 0.29) is 0 Å². The first-order valence-electron chi connectivity index (χ1n) is 4.36. The Hall–Kier alpha value is -0.800. The SMILES string of the molecule is O=Cc1ccc(OCC=CCBr)c(Cl)c1. The van der Waals surface area contributed by atoms with Gasteiger partial charge in [0.1, 0.15) is 18.6 Å². The van der Waals surface area contributed by atoms with E-state index in [0.717, 1.165) is 11.6 Å². The van der Waals surface area contributed by atoms with Crippen molar-refractivity contribution in [3.8, 4) is 5.75 Å². The molecule has 1 aromatic rings. The maximum absolute atomic E-state index is 10.5. The van der Waals surface area contributed by atoms with Crippen molar-refractivity contribution in [2.75, 3.05) is 11.9 Å². The number of hydrogen-bond donors (Lipinski definition) is 0. The second-order valence-electron chi connectivity index (χ2n) is 2.74. The topological polar surface area (TPSA) is 26.3 Å². The minimum atomic E-state index is 0.451. The van der Waals surface area contributed by atoms with Crippen LogP contribution in [0.2, 0.25) is 5.02 Å². The van der Waals surface area contributed by atoms with Gasteiger partial charge in [-0.3, -0.25) is 4.79 Å². The molecule has 0 aromatic heterocycles. The van der Waals surface area contributed by atoms with Gasteiger partial charge in [-0.15, -0.1) is 0 Å². The molecule has 0 spiro atoms. The van der Waals surface area contributed by atoms with E-state index < -0.39 is 0 Å². The Morgan fingerprint density at radius 3 is 2.80 bits per heavy atom. The number of rotatable bonds is 5. The minimum absolute atomic E-state index is 0.451. The van der Waals surface area contributed by atoms with Gasteiger partial charge in [-0.1, -0.05) is 39.7 Å². The summed E-state index contributed by atoms with van der Waals surface area (Å²) >= 11 is 9.17. The summed E-state index contributed by atoms with van der Waals surface area (Å²) in [6, 6.07) is 4.94. The lowest BCUT2D eigenvalue weighted by atomic mass is 10.2. The zero-order chi connectivity index (χ0) is 11.1. The molecule has 1 aromatic carbocycles. The molecule has 0 radical (unpaired) electrons. The highest BCUT2D eigenvalue weighted by molar-refractivity contribution is 9.09. The van der Waals surface area contributed by atoms with Crippen LogP contribution in [0.15, 0.2) is 30.4 Å². The van der Waals surface area contributed by atoms with Crippen LogP contribution in [0.1, 0.15) is 10.4 Å². The van der Waals surface area contributed by atoms with Gasteiger partial charge >= 0.3 is 0 Å². The molecular weight excluding hydrogens is 279 g/mol. The fourth-order valence-electron chi connectivity index (χ4n) is 0.976. The largest absolute Gasteiger partial charge is 0.488 e. The van der Waals surface area contributed by atoms with Crippen LogP contribution < -0.4 is 4.74 Å². The van der Waals surface area contributed by atoms with Crippen molar-refractivity contribution in [2.45, 2.75) is 0 Å². The molecule has 0 aliphatic heterocycles. The summed E-state index contributed by atoms with van der Waals surface area (Å²) in [6.45, 7) is 0.464. The Morgan fingerprint density at radius 1 is 1.40 bits per heavy atom. The van der Waals surface area contributed by atoms with Crippen molar-refractivity contribution >= 4 is 33.8 Å². The molecule has 0 bridgehead atoms. The van der Waals surface area contributed by atoms with E-state index in [0.29, 0.717) is 22.9 Å². The van der Waals surface area contributed by atoms with Gasteiger partial charge in [-0.05, 0) is 18.2 Å². The van der Waals surface area contributed by atoms with Crippen LogP contribution in [0.3, 0.4) is 0 Å². The summed E-state index contributed by atoms with van der Waals surface area (Å²) in [4.78, 5) is 10.5. The summed E-state index contributed by atoms with van der Waals surface area (Å²) in [7, 11) is 0. The van der Waals surface area contributed by atoms with Gasteiger partial charge in [0.05, 0.1) is 5.02 Å². The highest BCUT2D eigenvalue weighted by atomic mass is 79.9. The maximum atomic E-state index is 10.5. The fourth-order valence-corrected chi connectivity index (χ4v) is 1.48. The predicted molar refractivity (Wildman–Crippen MR) is 65.3 cm³/mol. The van der Waals surface area contributed by atoms with E-state index in [9.17, 15) is 4.79 Å². The van der Waals surface area contributed by atoms with Crippen LogP contribution in [0.4, 0.5) is 0 Å². The molecule has 0 unspecified atom stereocenters. The van der Waals surface area contributed by atoms with E-state index in [1.54, 1.807) is 18.2 Å². The summed E-state index contributed by atoms with van der Waals surface area (Å²) in [5.74, 6) is 0.585. The smallest absolute Gasteiger partial charge is 0.150 e.